The zero-order valence-electron chi connectivity index (χ0n) is 18.8. The Kier molecular flexibility index (Phi) is 6.09. The average Bonchev–Trinajstić information content (AvgIpc) is 3.49. The molecule has 0 saturated carbocycles. The number of carboxylic acids is 1. The minimum atomic E-state index is -1.32. The zero-order valence-corrected chi connectivity index (χ0v) is 19.7. The molecule has 2 saturated heterocycles. The lowest BCUT2D eigenvalue weighted by atomic mass is 9.91. The van der Waals surface area contributed by atoms with Gasteiger partial charge in [0.05, 0.1) is 0 Å². The van der Waals surface area contributed by atoms with Gasteiger partial charge in [0.15, 0.2) is 0 Å². The summed E-state index contributed by atoms with van der Waals surface area (Å²) in [6.07, 6.45) is 7.84. The lowest BCUT2D eigenvalue weighted by Gasteiger charge is -2.50. The summed E-state index contributed by atoms with van der Waals surface area (Å²) in [5.74, 6) is -2.00. The maximum atomic E-state index is 13.2. The summed E-state index contributed by atoms with van der Waals surface area (Å²) in [6, 6.07) is 19.8. The van der Waals surface area contributed by atoms with Crippen LogP contribution in [-0.4, -0.2) is 51.1 Å². The van der Waals surface area contributed by atoms with Gasteiger partial charge in [-0.2, -0.15) is 0 Å². The van der Waals surface area contributed by atoms with E-state index in [9.17, 15) is 19.5 Å². The number of amides is 2. The van der Waals surface area contributed by atoms with Crippen LogP contribution in [0.15, 0.2) is 84.6 Å². The summed E-state index contributed by atoms with van der Waals surface area (Å²) in [4.78, 5) is 42.1. The van der Waals surface area contributed by atoms with Crippen molar-refractivity contribution in [2.24, 2.45) is 5.92 Å². The van der Waals surface area contributed by atoms with Crippen molar-refractivity contribution < 1.29 is 19.5 Å². The van der Waals surface area contributed by atoms with Gasteiger partial charge >= 0.3 is 5.97 Å². The van der Waals surface area contributed by atoms with E-state index in [1.807, 2.05) is 72.8 Å². The fourth-order valence-corrected chi connectivity index (χ4v) is 8.56. The molecule has 2 fully saturated rings. The van der Waals surface area contributed by atoms with Gasteiger partial charge in [-0.25, -0.2) is 0 Å². The van der Waals surface area contributed by atoms with E-state index in [2.05, 4.69) is 0 Å². The van der Waals surface area contributed by atoms with E-state index in [0.29, 0.717) is 38.0 Å². The Labute approximate surface area is 200 Å². The summed E-state index contributed by atoms with van der Waals surface area (Å²) < 4.78 is 0. The highest BCUT2D eigenvalue weighted by atomic mass is 31.1. The molecule has 2 atom stereocenters. The first-order chi connectivity index (χ1) is 16.5. The van der Waals surface area contributed by atoms with Gasteiger partial charge < -0.3 is 14.9 Å². The van der Waals surface area contributed by atoms with E-state index in [1.54, 1.807) is 15.9 Å². The molecule has 2 aliphatic heterocycles. The summed E-state index contributed by atoms with van der Waals surface area (Å²) in [5.41, 5.74) is 0.619. The molecule has 3 aliphatic rings. The van der Waals surface area contributed by atoms with E-state index >= 15 is 0 Å². The third kappa shape index (κ3) is 3.76. The van der Waals surface area contributed by atoms with Crippen molar-refractivity contribution in [1.29, 1.82) is 0 Å². The van der Waals surface area contributed by atoms with Gasteiger partial charge in [0.2, 0.25) is 11.8 Å². The van der Waals surface area contributed by atoms with Gasteiger partial charge in [-0.05, 0) is 43.5 Å². The second-order valence-corrected chi connectivity index (χ2v) is 11.2. The predicted octanol–water partition coefficient (Wildman–Crippen LogP) is 3.21. The van der Waals surface area contributed by atoms with E-state index in [4.69, 9.17) is 0 Å². The Hall–Kier alpha value is -3.24. The number of carboxylic acid groups (broad SMARTS) is 1. The molecule has 174 valence electrons. The highest BCUT2D eigenvalue weighted by Crippen LogP contribution is 2.58. The number of allylic oxidation sites excluding steroid dienone is 1. The Morgan fingerprint density at radius 1 is 0.882 bits per heavy atom. The number of likely N-dealkylation sites (tertiary alicyclic amines) is 2. The molecule has 6 nitrogen and oxygen atoms in total. The van der Waals surface area contributed by atoms with Crippen molar-refractivity contribution in [3.05, 3.63) is 84.6 Å². The highest BCUT2D eigenvalue weighted by molar-refractivity contribution is 7.74. The van der Waals surface area contributed by atoms with E-state index < -0.39 is 25.1 Å². The van der Waals surface area contributed by atoms with Crippen molar-refractivity contribution in [2.75, 3.05) is 13.1 Å². The van der Waals surface area contributed by atoms with Gasteiger partial charge in [0.1, 0.15) is 11.2 Å². The van der Waals surface area contributed by atoms with Gasteiger partial charge in [0.25, 0.3) is 0 Å². The summed E-state index contributed by atoms with van der Waals surface area (Å²) >= 11 is 0. The average molecular weight is 474 g/mol. The molecule has 0 spiro atoms. The third-order valence-corrected chi connectivity index (χ3v) is 9.85. The van der Waals surface area contributed by atoms with Crippen LogP contribution in [-0.2, 0) is 14.4 Å². The van der Waals surface area contributed by atoms with Crippen molar-refractivity contribution in [1.82, 2.24) is 9.80 Å². The van der Waals surface area contributed by atoms with E-state index in [0.717, 1.165) is 17.0 Å². The first-order valence-corrected chi connectivity index (χ1v) is 13.0. The molecule has 2 aromatic carbocycles. The van der Waals surface area contributed by atoms with Crippen LogP contribution in [0.5, 0.6) is 0 Å². The minimum Gasteiger partial charge on any atom is -0.481 e. The quantitative estimate of drug-likeness (QED) is 0.653. The largest absolute Gasteiger partial charge is 0.481 e. The van der Waals surface area contributed by atoms with Crippen LogP contribution in [0.2, 0.25) is 0 Å². The second kappa shape index (κ2) is 9.19. The predicted molar refractivity (Wildman–Crippen MR) is 132 cm³/mol. The fraction of sp³-hybridized carbons (Fsp3) is 0.296. The summed E-state index contributed by atoms with van der Waals surface area (Å²) in [6.45, 7) is 1.10. The van der Waals surface area contributed by atoms with Crippen LogP contribution in [0.1, 0.15) is 25.7 Å². The van der Waals surface area contributed by atoms with Gasteiger partial charge in [0, 0.05) is 31.6 Å². The molecule has 2 heterocycles. The van der Waals surface area contributed by atoms with Gasteiger partial charge in [-0.3, -0.25) is 14.4 Å². The zero-order chi connectivity index (χ0) is 23.7. The Morgan fingerprint density at radius 2 is 1.47 bits per heavy atom. The normalized spacial score (nSPS) is 24.7. The first kappa shape index (κ1) is 22.5. The van der Waals surface area contributed by atoms with Gasteiger partial charge in [-0.1, -0.05) is 66.7 Å². The molecule has 2 amide bonds. The van der Waals surface area contributed by atoms with Crippen LogP contribution >= 0.6 is 7.92 Å². The smallest absolute Gasteiger partial charge is 0.313 e. The number of benzene rings is 2. The molecule has 34 heavy (non-hydrogen) atoms. The number of aliphatic carboxylic acids is 1. The molecule has 0 aromatic heterocycles. The topological polar surface area (TPSA) is 77.9 Å². The molecule has 0 bridgehead atoms. The molecule has 1 aliphatic carbocycles. The van der Waals surface area contributed by atoms with E-state index in [1.165, 1.54) is 0 Å². The lowest BCUT2D eigenvalue weighted by molar-refractivity contribution is -0.144. The summed E-state index contributed by atoms with van der Waals surface area (Å²) in [7, 11) is -1.32. The minimum absolute atomic E-state index is 0.0122. The maximum Gasteiger partial charge on any atom is 0.313 e. The molecule has 1 N–H and O–H groups in total. The van der Waals surface area contributed by atoms with Gasteiger partial charge in [-0.15, -0.1) is 0 Å². The molecule has 2 aromatic rings. The Bertz CT molecular complexity index is 1120. The van der Waals surface area contributed by atoms with Crippen molar-refractivity contribution in [2.45, 2.75) is 31.0 Å². The number of carbonyl (C=O) groups excluding carboxylic acids is 2. The number of hydrogen-bond donors (Lipinski definition) is 1. The highest BCUT2D eigenvalue weighted by Gasteiger charge is 2.55. The summed E-state index contributed by atoms with van der Waals surface area (Å²) in [5, 5.41) is 11.5. The molecule has 7 heteroatoms. The number of hydrogen-bond acceptors (Lipinski definition) is 3. The van der Waals surface area contributed by atoms with Crippen LogP contribution in [0, 0.1) is 5.92 Å². The standard InChI is InChI=1S/C27H27N2O4P/c30-24-13-7-17-28(24)20-15-16-27(23(19-20)26(32)33,29-18-8-14-25(29)31)34(21-9-3-1-4-10-21)22-11-5-2-6-12-22/h1-6,9-12,15-16,19,23H,7-8,13-14,17-18H2,(H,32,33). The third-order valence-electron chi connectivity index (χ3n) is 6.84. The monoisotopic (exact) mass is 474 g/mol. The molecular weight excluding hydrogens is 447 g/mol. The van der Waals surface area contributed by atoms with Crippen molar-refractivity contribution in [3.8, 4) is 0 Å². The van der Waals surface area contributed by atoms with Crippen LogP contribution in [0.4, 0.5) is 0 Å². The molecular formula is C27H27N2O4P. The van der Waals surface area contributed by atoms with Crippen molar-refractivity contribution >= 4 is 36.3 Å². The van der Waals surface area contributed by atoms with Crippen LogP contribution in [0.25, 0.3) is 0 Å². The molecule has 2 unspecified atom stereocenters. The Morgan fingerprint density at radius 3 is 1.97 bits per heavy atom. The van der Waals surface area contributed by atoms with Crippen LogP contribution in [0.3, 0.4) is 0 Å². The lowest BCUT2D eigenvalue weighted by Crippen LogP contribution is -2.57. The number of nitrogens with zero attached hydrogens (tertiary/aromatic N) is 2. The second-order valence-electron chi connectivity index (χ2n) is 8.83. The Balaban J connectivity index is 1.74. The molecule has 0 radical (unpaired) electrons. The molecule has 5 rings (SSSR count). The van der Waals surface area contributed by atoms with Crippen LogP contribution < -0.4 is 10.6 Å². The number of rotatable bonds is 6. The fourth-order valence-electron chi connectivity index (χ4n) is 5.35. The number of carbonyl (C=O) groups is 3. The maximum absolute atomic E-state index is 13.2. The van der Waals surface area contributed by atoms with E-state index in [-0.39, 0.29) is 11.8 Å². The first-order valence-electron chi connectivity index (χ1n) is 11.7. The SMILES string of the molecule is O=C(O)C1C=C(N2CCCC2=O)C=CC1(N1CCCC1=O)P(c1ccccc1)c1ccccc1. The van der Waals surface area contributed by atoms with Crippen molar-refractivity contribution in [3.63, 3.8) is 0 Å².